The summed E-state index contributed by atoms with van der Waals surface area (Å²) in [5, 5.41) is 5.12. The molecule has 0 radical (unpaired) electrons. The Morgan fingerprint density at radius 2 is 1.45 bits per heavy atom. The highest BCUT2D eigenvalue weighted by Gasteiger charge is 2.22. The molecule has 1 aliphatic carbocycles. The molecule has 2 aliphatic rings. The maximum Gasteiger partial charge on any atom is 0.0756 e. The number of nitrogens with zero attached hydrogens (tertiary/aromatic N) is 1. The van der Waals surface area contributed by atoms with Gasteiger partial charge in [0, 0.05) is 31.7 Å². The maximum absolute atomic E-state index is 5.55. The molecule has 42 heavy (non-hydrogen) atoms. The first-order valence-corrected chi connectivity index (χ1v) is 15.4. The van der Waals surface area contributed by atoms with Gasteiger partial charge >= 0.3 is 0 Å². The molecule has 1 nitrogen and oxygen atoms in total. The Labute approximate surface area is 250 Å². The minimum absolute atomic E-state index is 0.0554. The van der Waals surface area contributed by atoms with Crippen molar-refractivity contribution in [1.82, 2.24) is 0 Å². The van der Waals surface area contributed by atoms with Crippen LogP contribution in [0.3, 0.4) is 0 Å². The predicted molar refractivity (Wildman–Crippen MR) is 183 cm³/mol. The molecule has 0 N–H and O–H groups in total. The number of fused-ring (bicyclic) bond motifs is 4. The fourth-order valence-corrected chi connectivity index (χ4v) is 7.55. The van der Waals surface area contributed by atoms with Gasteiger partial charge in [0.15, 0.2) is 0 Å². The van der Waals surface area contributed by atoms with Crippen molar-refractivity contribution in [2.45, 2.75) is 12.5 Å². The standard InChI is InChI=1S/C40H29NS/c1-3-12-27(13-4-1)30-22-23-36(29-15-5-2-6-16-29)41-37(25-30)35-24-31(33-20-11-17-28-14-7-8-18-32(28)33)26-39-40(35)34-19-9-10-21-38(34)42-39/h1-15,17-26,29,36H,16H2. The van der Waals surface area contributed by atoms with Crippen LogP contribution >= 0.6 is 11.3 Å². The van der Waals surface area contributed by atoms with E-state index in [1.165, 1.54) is 58.8 Å². The molecule has 0 saturated carbocycles. The average molecular weight is 556 g/mol. The zero-order valence-electron chi connectivity index (χ0n) is 23.2. The summed E-state index contributed by atoms with van der Waals surface area (Å²) in [6.07, 6.45) is 16.8. The molecule has 8 rings (SSSR count). The van der Waals surface area contributed by atoms with Gasteiger partial charge in [-0.05, 0) is 63.7 Å². The molecule has 0 amide bonds. The number of allylic oxidation sites excluding steroid dienone is 6. The molecule has 2 atom stereocenters. The molecule has 0 spiro atoms. The molecule has 2 heteroatoms. The van der Waals surface area contributed by atoms with Crippen LogP contribution in [0.2, 0.25) is 0 Å². The van der Waals surface area contributed by atoms with Crippen molar-refractivity contribution in [2.24, 2.45) is 10.9 Å². The third-order valence-electron chi connectivity index (χ3n) is 8.47. The third kappa shape index (κ3) is 4.45. The van der Waals surface area contributed by atoms with E-state index in [0.717, 1.165) is 12.1 Å². The Bertz CT molecular complexity index is 2110. The second kappa shape index (κ2) is 10.6. The fraction of sp³-hybridized carbons (Fsp3) is 0.0750. The largest absolute Gasteiger partial charge is 0.277 e. The second-order valence-corrected chi connectivity index (χ2v) is 12.1. The summed E-state index contributed by atoms with van der Waals surface area (Å²) in [6, 6.07) is 39.6. The van der Waals surface area contributed by atoms with Gasteiger partial charge in [-0.15, -0.1) is 11.3 Å². The molecule has 200 valence electrons. The van der Waals surface area contributed by atoms with Crippen LogP contribution in [0.25, 0.3) is 47.6 Å². The van der Waals surface area contributed by atoms with Crippen LogP contribution in [0.15, 0.2) is 157 Å². The van der Waals surface area contributed by atoms with Gasteiger partial charge in [-0.25, -0.2) is 0 Å². The molecular weight excluding hydrogens is 527 g/mol. The summed E-state index contributed by atoms with van der Waals surface area (Å²) >= 11 is 1.87. The monoisotopic (exact) mass is 555 g/mol. The van der Waals surface area contributed by atoms with E-state index < -0.39 is 0 Å². The number of aliphatic imine (C=N–C) groups is 1. The van der Waals surface area contributed by atoms with Gasteiger partial charge < -0.3 is 0 Å². The van der Waals surface area contributed by atoms with Gasteiger partial charge in [-0.1, -0.05) is 127 Å². The lowest BCUT2D eigenvalue weighted by atomic mass is 9.91. The minimum Gasteiger partial charge on any atom is -0.277 e. The second-order valence-electron chi connectivity index (χ2n) is 11.1. The lowest BCUT2D eigenvalue weighted by Crippen LogP contribution is -2.17. The van der Waals surface area contributed by atoms with Gasteiger partial charge in [0.05, 0.1) is 11.8 Å². The Hall–Kier alpha value is -4.79. The highest BCUT2D eigenvalue weighted by molar-refractivity contribution is 7.26. The molecule has 0 saturated heterocycles. The van der Waals surface area contributed by atoms with Crippen molar-refractivity contribution >= 4 is 53.6 Å². The van der Waals surface area contributed by atoms with E-state index in [2.05, 4.69) is 152 Å². The molecule has 0 fully saturated rings. The summed E-state index contributed by atoms with van der Waals surface area (Å²) in [5.41, 5.74) is 7.12. The van der Waals surface area contributed by atoms with Crippen molar-refractivity contribution in [2.75, 3.05) is 0 Å². The number of thiophene rings is 1. The van der Waals surface area contributed by atoms with E-state index in [0.29, 0.717) is 5.92 Å². The van der Waals surface area contributed by atoms with Gasteiger partial charge in [0.2, 0.25) is 0 Å². The number of hydrogen-bond donors (Lipinski definition) is 0. The lowest BCUT2D eigenvalue weighted by Gasteiger charge is -2.19. The molecule has 5 aromatic carbocycles. The van der Waals surface area contributed by atoms with Crippen molar-refractivity contribution in [3.05, 3.63) is 163 Å². The highest BCUT2D eigenvalue weighted by atomic mass is 32.1. The van der Waals surface area contributed by atoms with Gasteiger partial charge in [0.1, 0.15) is 0 Å². The molecular formula is C40H29NS. The molecule has 2 unspecified atom stereocenters. The number of rotatable bonds is 4. The van der Waals surface area contributed by atoms with Crippen LogP contribution < -0.4 is 0 Å². The smallest absolute Gasteiger partial charge is 0.0756 e. The van der Waals surface area contributed by atoms with Crippen LogP contribution in [-0.4, -0.2) is 11.8 Å². The van der Waals surface area contributed by atoms with E-state index in [1.54, 1.807) is 0 Å². The zero-order chi connectivity index (χ0) is 27.9. The summed E-state index contributed by atoms with van der Waals surface area (Å²) in [5.74, 6) is 0.334. The minimum atomic E-state index is 0.0554. The van der Waals surface area contributed by atoms with E-state index >= 15 is 0 Å². The molecule has 6 aromatic rings. The predicted octanol–water partition coefficient (Wildman–Crippen LogP) is 10.8. The van der Waals surface area contributed by atoms with Gasteiger partial charge in [0.25, 0.3) is 0 Å². The summed E-state index contributed by atoms with van der Waals surface area (Å²) in [6.45, 7) is 0. The van der Waals surface area contributed by atoms with E-state index in [9.17, 15) is 0 Å². The molecule has 2 heterocycles. The van der Waals surface area contributed by atoms with Crippen LogP contribution in [0.4, 0.5) is 0 Å². The van der Waals surface area contributed by atoms with Crippen molar-refractivity contribution in [1.29, 1.82) is 0 Å². The number of hydrogen-bond acceptors (Lipinski definition) is 2. The topological polar surface area (TPSA) is 12.4 Å². The van der Waals surface area contributed by atoms with Gasteiger partial charge in [-0.2, -0.15) is 0 Å². The Morgan fingerprint density at radius 3 is 2.33 bits per heavy atom. The highest BCUT2D eigenvalue weighted by Crippen LogP contribution is 2.41. The fourth-order valence-electron chi connectivity index (χ4n) is 6.38. The van der Waals surface area contributed by atoms with Crippen LogP contribution in [0.1, 0.15) is 17.5 Å². The van der Waals surface area contributed by atoms with E-state index in [-0.39, 0.29) is 6.04 Å². The Balaban J connectivity index is 1.41. The summed E-state index contributed by atoms with van der Waals surface area (Å²) < 4.78 is 2.60. The quantitative estimate of drug-likeness (QED) is 0.205. The SMILES string of the molecule is C1=CCC(C2C=CC(c3ccccc3)=CC(c3cc(-c4cccc5ccccc45)cc4sc5ccccc5c34)=N2)C=C1. The summed E-state index contributed by atoms with van der Waals surface area (Å²) in [7, 11) is 0. The van der Waals surface area contributed by atoms with Crippen LogP contribution in [-0.2, 0) is 0 Å². The van der Waals surface area contributed by atoms with E-state index in [4.69, 9.17) is 4.99 Å². The van der Waals surface area contributed by atoms with Crippen molar-refractivity contribution in [3.63, 3.8) is 0 Å². The first-order chi connectivity index (χ1) is 20.8. The number of benzene rings is 5. The molecule has 1 aliphatic heterocycles. The first kappa shape index (κ1) is 25.0. The molecule has 1 aromatic heterocycles. The normalized spacial score (nSPS) is 18.4. The van der Waals surface area contributed by atoms with Crippen molar-refractivity contribution in [3.8, 4) is 11.1 Å². The lowest BCUT2D eigenvalue weighted by molar-refractivity contribution is 0.583. The van der Waals surface area contributed by atoms with E-state index in [1.807, 2.05) is 11.3 Å². The summed E-state index contributed by atoms with van der Waals surface area (Å²) in [4.78, 5) is 5.55. The Kier molecular flexibility index (Phi) is 6.27. The average Bonchev–Trinajstić information content (AvgIpc) is 3.28. The maximum atomic E-state index is 5.55. The van der Waals surface area contributed by atoms with Crippen LogP contribution in [0.5, 0.6) is 0 Å². The zero-order valence-corrected chi connectivity index (χ0v) is 24.0. The third-order valence-corrected chi connectivity index (χ3v) is 9.59. The molecule has 0 bridgehead atoms. The van der Waals surface area contributed by atoms with Crippen molar-refractivity contribution < 1.29 is 0 Å². The van der Waals surface area contributed by atoms with Gasteiger partial charge in [-0.3, -0.25) is 4.99 Å². The first-order valence-electron chi connectivity index (χ1n) is 14.6. The van der Waals surface area contributed by atoms with Crippen LogP contribution in [0, 0.1) is 5.92 Å². The Morgan fingerprint density at radius 1 is 0.643 bits per heavy atom.